The first-order valence-corrected chi connectivity index (χ1v) is 6.14. The highest BCUT2D eigenvalue weighted by Gasteiger charge is 2.22. The van der Waals surface area contributed by atoms with E-state index in [9.17, 15) is 0 Å². The van der Waals surface area contributed by atoms with Gasteiger partial charge in [-0.2, -0.15) is 4.98 Å². The number of rotatable bonds is 2. The summed E-state index contributed by atoms with van der Waals surface area (Å²) in [5.41, 5.74) is 8.91. The topological polar surface area (TPSA) is 61.0 Å². The number of anilines is 1. The molecule has 1 aromatic carbocycles. The van der Waals surface area contributed by atoms with E-state index in [0.717, 1.165) is 19.3 Å². The Kier molecular flexibility index (Phi) is 2.84. The molecule has 2 aromatic rings. The molecule has 0 saturated carbocycles. The molecule has 4 nitrogen and oxygen atoms in total. The number of aromatic nitrogens is 2. The number of hydrogen-bond acceptors (Lipinski definition) is 4. The summed E-state index contributed by atoms with van der Waals surface area (Å²) in [5.74, 6) is 0.478. The predicted octanol–water partition coefficient (Wildman–Crippen LogP) is 2.52. The van der Waals surface area contributed by atoms with E-state index in [1.807, 2.05) is 6.07 Å². The van der Waals surface area contributed by atoms with Crippen LogP contribution >= 0.6 is 0 Å². The Bertz CT molecular complexity index is 556. The second-order valence-electron chi connectivity index (χ2n) is 4.48. The Labute approximate surface area is 106 Å². The molecule has 0 fully saturated rings. The summed E-state index contributed by atoms with van der Waals surface area (Å²) in [7, 11) is 0. The van der Waals surface area contributed by atoms with Gasteiger partial charge in [-0.25, -0.2) is 4.98 Å². The van der Waals surface area contributed by atoms with Crippen molar-refractivity contribution in [3.05, 3.63) is 47.9 Å². The van der Waals surface area contributed by atoms with E-state index in [1.54, 1.807) is 6.20 Å². The van der Waals surface area contributed by atoms with Crippen molar-refractivity contribution in [2.24, 2.45) is 0 Å². The van der Waals surface area contributed by atoms with Gasteiger partial charge in [0.05, 0.1) is 6.20 Å². The van der Waals surface area contributed by atoms with Crippen molar-refractivity contribution < 1.29 is 4.74 Å². The molecule has 0 amide bonds. The van der Waals surface area contributed by atoms with Crippen LogP contribution in [0.3, 0.4) is 0 Å². The quantitative estimate of drug-likeness (QED) is 0.877. The molecule has 2 N–H and O–H groups in total. The number of benzene rings is 1. The largest absolute Gasteiger partial charge is 0.468 e. The maximum atomic E-state index is 5.94. The van der Waals surface area contributed by atoms with Gasteiger partial charge < -0.3 is 10.5 Å². The van der Waals surface area contributed by atoms with Crippen molar-refractivity contribution in [1.29, 1.82) is 0 Å². The number of nitrogen functional groups attached to an aromatic ring is 1. The minimum absolute atomic E-state index is 0.0483. The van der Waals surface area contributed by atoms with E-state index in [0.29, 0.717) is 11.6 Å². The Morgan fingerprint density at radius 2 is 2.17 bits per heavy atom. The van der Waals surface area contributed by atoms with Crippen molar-refractivity contribution in [2.75, 3.05) is 5.73 Å². The molecule has 4 heteroatoms. The lowest BCUT2D eigenvalue weighted by atomic mass is 9.89. The molecule has 1 aliphatic carbocycles. The highest BCUT2D eigenvalue weighted by Crippen LogP contribution is 2.34. The first-order valence-electron chi connectivity index (χ1n) is 6.14. The normalized spacial score (nSPS) is 18.1. The molecular weight excluding hydrogens is 226 g/mol. The van der Waals surface area contributed by atoms with Gasteiger partial charge in [-0.1, -0.05) is 24.3 Å². The van der Waals surface area contributed by atoms with Crippen LogP contribution in [0.15, 0.2) is 36.8 Å². The molecule has 1 heterocycles. The van der Waals surface area contributed by atoms with Crippen molar-refractivity contribution >= 4 is 5.69 Å². The predicted molar refractivity (Wildman–Crippen MR) is 69.2 cm³/mol. The van der Waals surface area contributed by atoms with Crippen LogP contribution < -0.4 is 10.5 Å². The average molecular weight is 241 g/mol. The molecule has 92 valence electrons. The van der Waals surface area contributed by atoms with Gasteiger partial charge in [0.25, 0.3) is 0 Å². The molecule has 18 heavy (non-hydrogen) atoms. The summed E-state index contributed by atoms with van der Waals surface area (Å²) < 4.78 is 5.94. The highest BCUT2D eigenvalue weighted by atomic mass is 16.5. The fourth-order valence-electron chi connectivity index (χ4n) is 2.39. The van der Waals surface area contributed by atoms with Crippen LogP contribution in [0.1, 0.15) is 30.1 Å². The highest BCUT2D eigenvalue weighted by molar-refractivity contribution is 5.45. The van der Waals surface area contributed by atoms with Gasteiger partial charge in [-0.15, -0.1) is 0 Å². The van der Waals surface area contributed by atoms with Crippen LogP contribution in [-0.2, 0) is 6.42 Å². The Morgan fingerprint density at radius 3 is 3.06 bits per heavy atom. The van der Waals surface area contributed by atoms with Crippen LogP contribution in [0.5, 0.6) is 5.88 Å². The summed E-state index contributed by atoms with van der Waals surface area (Å²) in [6.45, 7) is 0. The first kappa shape index (κ1) is 11.0. The van der Waals surface area contributed by atoms with Crippen molar-refractivity contribution in [3.63, 3.8) is 0 Å². The maximum absolute atomic E-state index is 5.94. The van der Waals surface area contributed by atoms with Crippen LogP contribution in [-0.4, -0.2) is 9.97 Å². The van der Waals surface area contributed by atoms with E-state index in [1.165, 1.54) is 17.5 Å². The third-order valence-corrected chi connectivity index (χ3v) is 3.27. The zero-order valence-electron chi connectivity index (χ0n) is 10.0. The van der Waals surface area contributed by atoms with E-state index < -0.39 is 0 Å². The zero-order valence-corrected chi connectivity index (χ0v) is 10.0. The van der Waals surface area contributed by atoms with Crippen LogP contribution in [0, 0.1) is 0 Å². The van der Waals surface area contributed by atoms with Crippen LogP contribution in [0.25, 0.3) is 0 Å². The van der Waals surface area contributed by atoms with E-state index in [4.69, 9.17) is 10.5 Å². The van der Waals surface area contributed by atoms with Crippen molar-refractivity contribution in [1.82, 2.24) is 9.97 Å². The fraction of sp³-hybridized carbons (Fsp3) is 0.286. The number of ether oxygens (including phenoxy) is 1. The SMILES string of the molecule is Nc1cncnc1OC1CCCc2ccccc21. The summed E-state index contributed by atoms with van der Waals surface area (Å²) >= 11 is 0. The number of aryl methyl sites for hydroxylation is 1. The third-order valence-electron chi connectivity index (χ3n) is 3.27. The lowest BCUT2D eigenvalue weighted by Gasteiger charge is -2.26. The molecular formula is C14H15N3O. The van der Waals surface area contributed by atoms with Gasteiger partial charge in [-0.3, -0.25) is 0 Å². The molecule has 1 aliphatic rings. The Balaban J connectivity index is 1.89. The van der Waals surface area contributed by atoms with E-state index >= 15 is 0 Å². The fourth-order valence-corrected chi connectivity index (χ4v) is 2.39. The smallest absolute Gasteiger partial charge is 0.240 e. The Hall–Kier alpha value is -2.10. The minimum Gasteiger partial charge on any atom is -0.468 e. The standard InChI is InChI=1S/C14H15N3O/c15-12-8-16-9-17-14(12)18-13-7-3-5-10-4-1-2-6-11(10)13/h1-2,4,6,8-9,13H,3,5,7,15H2. The third kappa shape index (κ3) is 2.01. The lowest BCUT2D eigenvalue weighted by molar-refractivity contribution is 0.177. The van der Waals surface area contributed by atoms with Crippen LogP contribution in [0.4, 0.5) is 5.69 Å². The maximum Gasteiger partial charge on any atom is 0.240 e. The molecule has 0 aliphatic heterocycles. The molecule has 3 rings (SSSR count). The van der Waals surface area contributed by atoms with Crippen molar-refractivity contribution in [2.45, 2.75) is 25.4 Å². The number of nitrogens with two attached hydrogens (primary N) is 1. The summed E-state index contributed by atoms with van der Waals surface area (Å²) in [6.07, 6.45) is 6.33. The first-order chi connectivity index (χ1) is 8.84. The number of hydrogen-bond donors (Lipinski definition) is 1. The second kappa shape index (κ2) is 4.64. The van der Waals surface area contributed by atoms with Crippen molar-refractivity contribution in [3.8, 4) is 5.88 Å². The second-order valence-corrected chi connectivity index (χ2v) is 4.48. The van der Waals surface area contributed by atoms with Gasteiger partial charge in [0, 0.05) is 0 Å². The van der Waals surface area contributed by atoms with Gasteiger partial charge in [0.1, 0.15) is 18.1 Å². The van der Waals surface area contributed by atoms with Gasteiger partial charge >= 0.3 is 0 Å². The van der Waals surface area contributed by atoms with Gasteiger partial charge in [0.15, 0.2) is 0 Å². The minimum atomic E-state index is 0.0483. The summed E-state index contributed by atoms with van der Waals surface area (Å²) in [6, 6.07) is 8.40. The van der Waals surface area contributed by atoms with E-state index in [-0.39, 0.29) is 6.10 Å². The lowest BCUT2D eigenvalue weighted by Crippen LogP contribution is -2.16. The molecule has 0 saturated heterocycles. The molecule has 1 aromatic heterocycles. The molecule has 0 spiro atoms. The van der Waals surface area contributed by atoms with Gasteiger partial charge in [-0.05, 0) is 30.4 Å². The molecule has 0 bridgehead atoms. The Morgan fingerprint density at radius 1 is 1.28 bits per heavy atom. The summed E-state index contributed by atoms with van der Waals surface area (Å²) in [5, 5.41) is 0. The monoisotopic (exact) mass is 241 g/mol. The number of fused-ring (bicyclic) bond motifs is 1. The molecule has 1 atom stereocenters. The van der Waals surface area contributed by atoms with Crippen LogP contribution in [0.2, 0.25) is 0 Å². The number of nitrogens with zero attached hydrogens (tertiary/aromatic N) is 2. The zero-order chi connectivity index (χ0) is 12.4. The average Bonchev–Trinajstić information content (AvgIpc) is 2.42. The summed E-state index contributed by atoms with van der Waals surface area (Å²) in [4.78, 5) is 7.95. The van der Waals surface area contributed by atoms with Gasteiger partial charge in [0.2, 0.25) is 5.88 Å². The molecule has 0 radical (unpaired) electrons. The molecule has 1 unspecified atom stereocenters. The van der Waals surface area contributed by atoms with E-state index in [2.05, 4.69) is 28.2 Å².